The first-order valence-corrected chi connectivity index (χ1v) is 5.31. The lowest BCUT2D eigenvalue weighted by Gasteiger charge is -2.28. The number of carbonyl (C=O) groups is 1. The number of hydrogen-bond donors (Lipinski definition) is 2. The number of anilines is 1. The van der Waals surface area contributed by atoms with Crippen LogP contribution in [0.5, 0.6) is 0 Å². The fraction of sp³-hybridized carbons (Fsp3) is 0.300. The van der Waals surface area contributed by atoms with Crippen LogP contribution in [0.1, 0.15) is 6.92 Å². The van der Waals surface area contributed by atoms with Crippen molar-refractivity contribution in [2.45, 2.75) is 18.7 Å². The van der Waals surface area contributed by atoms with Gasteiger partial charge in [-0.15, -0.1) is 0 Å². The average molecular weight is 285 g/mol. The first-order chi connectivity index (χ1) is 9.26. The summed E-state index contributed by atoms with van der Waals surface area (Å²) in [5.41, 5.74) is -3.66. The minimum absolute atomic E-state index is 0.167. The molecule has 1 rings (SSSR count). The lowest BCUT2D eigenvalue weighted by atomic mass is 10.0. The summed E-state index contributed by atoms with van der Waals surface area (Å²) in [6, 6.07) is 6.46. The van der Waals surface area contributed by atoms with Crippen LogP contribution in [0.15, 0.2) is 30.3 Å². The van der Waals surface area contributed by atoms with Gasteiger partial charge in [0.15, 0.2) is 11.1 Å². The monoisotopic (exact) mass is 285 g/mol. The number of rotatable bonds is 6. The topological polar surface area (TPSA) is 147 Å². The molecule has 0 spiro atoms. The SMILES string of the molecule is C[C@@H](O)[C@@](C(=O)O)(N(c1ccccc1)[N+](=O)[O-])[N+](=O)[O-]. The number of aliphatic carboxylic acids is 1. The van der Waals surface area contributed by atoms with E-state index in [-0.39, 0.29) is 10.7 Å². The van der Waals surface area contributed by atoms with Crippen LogP contribution in [0.3, 0.4) is 0 Å². The lowest BCUT2D eigenvalue weighted by Crippen LogP contribution is -2.68. The summed E-state index contributed by atoms with van der Waals surface area (Å²) >= 11 is 0. The Morgan fingerprint density at radius 3 is 2.10 bits per heavy atom. The van der Waals surface area contributed by atoms with Gasteiger partial charge in [0.05, 0.1) is 4.92 Å². The molecule has 20 heavy (non-hydrogen) atoms. The molecule has 10 heteroatoms. The second kappa shape index (κ2) is 5.48. The number of carboxylic acid groups (broad SMARTS) is 1. The number of nitrogens with zero attached hydrogens (tertiary/aromatic N) is 3. The Balaban J connectivity index is 3.61. The van der Waals surface area contributed by atoms with Crippen molar-refractivity contribution in [3.8, 4) is 0 Å². The summed E-state index contributed by atoms with van der Waals surface area (Å²) in [5, 5.41) is 39.5. The molecule has 0 aromatic heterocycles. The Hall–Kier alpha value is -2.75. The maximum absolute atomic E-state index is 11.3. The number of aliphatic hydroxyl groups excluding tert-OH is 1. The predicted octanol–water partition coefficient (Wildman–Crippen LogP) is 0.123. The molecule has 2 N–H and O–H groups in total. The molecule has 1 aromatic carbocycles. The van der Waals surface area contributed by atoms with Gasteiger partial charge in [-0.1, -0.05) is 18.2 Å². The average Bonchev–Trinajstić information content (AvgIpc) is 2.34. The maximum Gasteiger partial charge on any atom is 0.468 e. The van der Waals surface area contributed by atoms with Crippen molar-refractivity contribution in [3.63, 3.8) is 0 Å². The molecule has 0 aliphatic heterocycles. The minimum Gasteiger partial charge on any atom is -0.474 e. The van der Waals surface area contributed by atoms with Crippen LogP contribution in [0.2, 0.25) is 0 Å². The van der Waals surface area contributed by atoms with E-state index in [0.29, 0.717) is 0 Å². The molecule has 2 atom stereocenters. The largest absolute Gasteiger partial charge is 0.474 e. The molecular formula is C10H11N3O7. The molecule has 0 amide bonds. The van der Waals surface area contributed by atoms with Gasteiger partial charge in [0.25, 0.3) is 0 Å². The second-order valence-electron chi connectivity index (χ2n) is 3.85. The molecule has 10 nitrogen and oxygen atoms in total. The fourth-order valence-corrected chi connectivity index (χ4v) is 1.74. The van der Waals surface area contributed by atoms with E-state index in [4.69, 9.17) is 5.11 Å². The highest BCUT2D eigenvalue weighted by atomic mass is 16.7. The summed E-state index contributed by atoms with van der Waals surface area (Å²) < 4.78 is 0. The summed E-state index contributed by atoms with van der Waals surface area (Å²) in [6.07, 6.45) is -2.14. The number of benzene rings is 1. The van der Waals surface area contributed by atoms with Crippen LogP contribution >= 0.6 is 0 Å². The molecule has 0 unspecified atom stereocenters. The summed E-state index contributed by atoms with van der Waals surface area (Å²) in [7, 11) is 0. The van der Waals surface area contributed by atoms with Crippen molar-refractivity contribution >= 4 is 11.7 Å². The van der Waals surface area contributed by atoms with Gasteiger partial charge < -0.3 is 10.2 Å². The van der Waals surface area contributed by atoms with Crippen molar-refractivity contribution in [3.05, 3.63) is 50.6 Å². The number of aliphatic hydroxyl groups is 1. The van der Waals surface area contributed by atoms with Crippen LogP contribution in [0, 0.1) is 20.2 Å². The van der Waals surface area contributed by atoms with Gasteiger partial charge in [-0.3, -0.25) is 10.1 Å². The zero-order valence-electron chi connectivity index (χ0n) is 10.2. The third-order valence-corrected chi connectivity index (χ3v) is 2.66. The smallest absolute Gasteiger partial charge is 0.468 e. The Labute approximate surface area is 112 Å². The zero-order chi connectivity index (χ0) is 15.5. The van der Waals surface area contributed by atoms with E-state index in [0.717, 1.165) is 19.1 Å². The third kappa shape index (κ3) is 2.23. The highest BCUT2D eigenvalue weighted by Crippen LogP contribution is 2.28. The van der Waals surface area contributed by atoms with Crippen LogP contribution < -0.4 is 5.01 Å². The van der Waals surface area contributed by atoms with E-state index in [2.05, 4.69) is 0 Å². The van der Waals surface area contributed by atoms with Crippen LogP contribution in [0.4, 0.5) is 5.69 Å². The Bertz CT molecular complexity index is 517. The molecule has 0 fully saturated rings. The quantitative estimate of drug-likeness (QED) is 0.425. The van der Waals surface area contributed by atoms with Crippen LogP contribution in [0.25, 0.3) is 0 Å². The van der Waals surface area contributed by atoms with Crippen molar-refractivity contribution < 1.29 is 25.0 Å². The standard InChI is InChI=1S/C10H11N3O7/c1-7(14)10(9(15)16,12(17)18)11(13(19)20)8-5-3-2-4-6-8/h2-7,14H,1H3,(H,15,16)/t7-,10-/m1/s1. The molecule has 0 aliphatic carbocycles. The maximum atomic E-state index is 11.3. The van der Waals surface area contributed by atoms with E-state index in [9.17, 15) is 30.1 Å². The molecule has 108 valence electrons. The second-order valence-corrected chi connectivity index (χ2v) is 3.85. The number of nitro groups is 2. The summed E-state index contributed by atoms with van der Waals surface area (Å²) in [6.45, 7) is 0.802. The van der Waals surface area contributed by atoms with E-state index >= 15 is 0 Å². The first kappa shape index (κ1) is 15.3. The van der Waals surface area contributed by atoms with Crippen LogP contribution in [-0.2, 0) is 4.79 Å². The van der Waals surface area contributed by atoms with E-state index < -0.39 is 27.7 Å². The molecule has 1 aromatic rings. The number of hydrogen-bond acceptors (Lipinski definition) is 6. The van der Waals surface area contributed by atoms with E-state index in [1.165, 1.54) is 18.2 Å². The van der Waals surface area contributed by atoms with Gasteiger partial charge >= 0.3 is 11.6 Å². The molecule has 0 saturated heterocycles. The summed E-state index contributed by atoms with van der Waals surface area (Å²) in [5.74, 6) is -2.14. The van der Waals surface area contributed by atoms with Crippen molar-refractivity contribution in [1.82, 2.24) is 0 Å². The fourth-order valence-electron chi connectivity index (χ4n) is 1.74. The van der Waals surface area contributed by atoms with Crippen LogP contribution in [-0.4, -0.2) is 37.9 Å². The van der Waals surface area contributed by atoms with Gasteiger partial charge in [-0.2, -0.15) is 0 Å². The van der Waals surface area contributed by atoms with Gasteiger partial charge in [-0.25, -0.2) is 14.9 Å². The lowest BCUT2D eigenvalue weighted by molar-refractivity contribution is -0.633. The Morgan fingerprint density at radius 1 is 1.30 bits per heavy atom. The van der Waals surface area contributed by atoms with Crippen molar-refractivity contribution in [2.75, 3.05) is 5.01 Å². The highest BCUT2D eigenvalue weighted by Gasteiger charge is 2.67. The first-order valence-electron chi connectivity index (χ1n) is 5.31. The molecule has 0 bridgehead atoms. The molecular weight excluding hydrogens is 274 g/mol. The van der Waals surface area contributed by atoms with Gasteiger partial charge in [0, 0.05) is 0 Å². The Morgan fingerprint density at radius 2 is 1.80 bits per heavy atom. The predicted molar refractivity (Wildman–Crippen MR) is 65.0 cm³/mol. The number of carboxylic acids is 1. The van der Waals surface area contributed by atoms with Gasteiger partial charge in [0.2, 0.25) is 0 Å². The number of para-hydroxylation sites is 1. The van der Waals surface area contributed by atoms with Gasteiger partial charge in [-0.05, 0) is 24.1 Å². The van der Waals surface area contributed by atoms with Crippen molar-refractivity contribution in [1.29, 1.82) is 0 Å². The molecule has 0 aliphatic rings. The summed E-state index contributed by atoms with van der Waals surface area (Å²) in [4.78, 5) is 32.1. The van der Waals surface area contributed by atoms with Crippen molar-refractivity contribution in [2.24, 2.45) is 0 Å². The minimum atomic E-state index is -3.33. The molecule has 0 heterocycles. The Kier molecular flexibility index (Phi) is 4.20. The van der Waals surface area contributed by atoms with Gasteiger partial charge in [0.1, 0.15) is 5.69 Å². The normalized spacial score (nSPS) is 14.9. The molecule has 0 radical (unpaired) electrons. The zero-order valence-corrected chi connectivity index (χ0v) is 10.2. The van der Waals surface area contributed by atoms with E-state index in [1.807, 2.05) is 0 Å². The highest BCUT2D eigenvalue weighted by molar-refractivity contribution is 5.81. The third-order valence-electron chi connectivity index (χ3n) is 2.66. The molecule has 0 saturated carbocycles. The van der Waals surface area contributed by atoms with E-state index in [1.54, 1.807) is 0 Å². The number of hydrazine groups is 1.